The zero-order valence-electron chi connectivity index (χ0n) is 14.1. The van der Waals surface area contributed by atoms with Crippen molar-refractivity contribution in [1.29, 1.82) is 0 Å². The molecule has 4 nitrogen and oxygen atoms in total. The second-order valence-electron chi connectivity index (χ2n) is 6.86. The molecule has 1 saturated carbocycles. The molecular weight excluding hydrogens is 294 g/mol. The quantitative estimate of drug-likeness (QED) is 0.830. The zero-order chi connectivity index (χ0) is 16.2. The molecule has 1 aromatic heterocycles. The minimum absolute atomic E-state index is 0.0752. The third-order valence-corrected chi connectivity index (χ3v) is 5.75. The van der Waals surface area contributed by atoms with Gasteiger partial charge in [0.15, 0.2) is 0 Å². The number of nitrogens with zero attached hydrogens (tertiary/aromatic N) is 2. The van der Waals surface area contributed by atoms with E-state index in [1.165, 1.54) is 19.3 Å². The first kappa shape index (κ1) is 17.1. The number of aryl methyl sites for hydroxylation is 1. The smallest absolute Gasteiger partial charge is 0.246 e. The first-order valence-corrected chi connectivity index (χ1v) is 9.04. The van der Waals surface area contributed by atoms with E-state index in [0.717, 1.165) is 35.2 Å². The second-order valence-corrected chi connectivity index (χ2v) is 7.93. The van der Waals surface area contributed by atoms with E-state index in [9.17, 15) is 4.79 Å². The van der Waals surface area contributed by atoms with E-state index >= 15 is 0 Å². The third kappa shape index (κ3) is 4.63. The molecule has 0 spiro atoms. The Hall–Kier alpha value is -1.23. The van der Waals surface area contributed by atoms with Gasteiger partial charge in [-0.1, -0.05) is 27.2 Å². The average Bonchev–Trinajstić information content (AvgIpc) is 2.90. The molecule has 5 heteroatoms. The third-order valence-electron chi connectivity index (χ3n) is 4.93. The Bertz CT molecular complexity index is 538. The molecule has 1 aromatic rings. The van der Waals surface area contributed by atoms with Gasteiger partial charge >= 0.3 is 0 Å². The number of nitrogens with one attached hydrogen (secondary N) is 1. The summed E-state index contributed by atoms with van der Waals surface area (Å²) in [6, 6.07) is 0. The maximum absolute atomic E-state index is 11.9. The van der Waals surface area contributed by atoms with Crippen LogP contribution in [-0.2, 0) is 11.2 Å². The fourth-order valence-corrected chi connectivity index (χ4v) is 3.58. The van der Waals surface area contributed by atoms with Crippen LogP contribution in [-0.4, -0.2) is 16.6 Å². The lowest BCUT2D eigenvalue weighted by Gasteiger charge is -2.36. The fourth-order valence-electron chi connectivity index (χ4n) is 2.97. The molecule has 2 rings (SSSR count). The molecule has 0 aliphatic heterocycles. The number of hydrogen-bond donors (Lipinski definition) is 1. The van der Waals surface area contributed by atoms with E-state index in [0.29, 0.717) is 11.8 Å². The lowest BCUT2D eigenvalue weighted by Crippen LogP contribution is -2.29. The number of thiazole rings is 1. The van der Waals surface area contributed by atoms with Gasteiger partial charge in [0.1, 0.15) is 0 Å². The molecule has 1 aliphatic carbocycles. The summed E-state index contributed by atoms with van der Waals surface area (Å²) in [5.74, 6) is 0.693. The van der Waals surface area contributed by atoms with Crippen molar-refractivity contribution in [2.75, 3.05) is 0 Å². The molecule has 0 saturated heterocycles. The number of amides is 1. The highest BCUT2D eigenvalue weighted by atomic mass is 32.1. The highest BCUT2D eigenvalue weighted by Gasteiger charge is 2.30. The molecule has 1 heterocycles. The van der Waals surface area contributed by atoms with Crippen LogP contribution in [0.5, 0.6) is 0 Å². The van der Waals surface area contributed by atoms with E-state index < -0.39 is 0 Å². The molecule has 122 valence electrons. The predicted octanol–water partition coefficient (Wildman–Crippen LogP) is 4.09. The highest BCUT2D eigenvalue weighted by molar-refractivity contribution is 7.09. The van der Waals surface area contributed by atoms with Crippen LogP contribution in [0.3, 0.4) is 0 Å². The number of aromatic nitrogens is 1. The van der Waals surface area contributed by atoms with Gasteiger partial charge in [0, 0.05) is 11.1 Å². The van der Waals surface area contributed by atoms with Gasteiger partial charge in [-0.2, -0.15) is 5.10 Å². The molecule has 0 unspecified atom stereocenters. The lowest BCUT2D eigenvalue weighted by molar-refractivity contribution is -0.120. The summed E-state index contributed by atoms with van der Waals surface area (Å²) >= 11 is 1.57. The van der Waals surface area contributed by atoms with Crippen molar-refractivity contribution in [3.63, 3.8) is 0 Å². The maximum Gasteiger partial charge on any atom is 0.246 e. The van der Waals surface area contributed by atoms with Crippen LogP contribution in [0.2, 0.25) is 0 Å². The Balaban J connectivity index is 1.79. The molecule has 0 aromatic carbocycles. The number of carbonyl (C=O) groups excluding carboxylic acids is 1. The molecule has 0 bridgehead atoms. The molecule has 0 radical (unpaired) electrons. The van der Waals surface area contributed by atoms with Crippen molar-refractivity contribution in [3.05, 3.63) is 16.1 Å². The minimum Gasteiger partial charge on any atom is -0.273 e. The van der Waals surface area contributed by atoms with E-state index in [1.807, 2.05) is 12.3 Å². The van der Waals surface area contributed by atoms with Crippen LogP contribution in [0.1, 0.15) is 63.6 Å². The summed E-state index contributed by atoms with van der Waals surface area (Å²) in [7, 11) is 0. The summed E-state index contributed by atoms with van der Waals surface area (Å²) in [5.41, 5.74) is 5.06. The summed E-state index contributed by atoms with van der Waals surface area (Å²) < 4.78 is 0. The molecule has 0 atom stereocenters. The number of hydrogen-bond acceptors (Lipinski definition) is 4. The Morgan fingerprint density at radius 2 is 2.14 bits per heavy atom. The van der Waals surface area contributed by atoms with E-state index in [1.54, 1.807) is 11.3 Å². The molecule has 1 fully saturated rings. The topological polar surface area (TPSA) is 54.4 Å². The summed E-state index contributed by atoms with van der Waals surface area (Å²) in [4.78, 5) is 16.2. The second kappa shape index (κ2) is 7.36. The Morgan fingerprint density at radius 3 is 2.68 bits per heavy atom. The first-order valence-electron chi connectivity index (χ1n) is 8.16. The van der Waals surface area contributed by atoms with Gasteiger partial charge < -0.3 is 0 Å². The molecular formula is C17H27N3OS. The van der Waals surface area contributed by atoms with Crippen LogP contribution < -0.4 is 5.43 Å². The Kier molecular flexibility index (Phi) is 5.73. The van der Waals surface area contributed by atoms with Gasteiger partial charge in [-0.25, -0.2) is 10.4 Å². The number of rotatable bonds is 5. The monoisotopic (exact) mass is 321 g/mol. The van der Waals surface area contributed by atoms with Crippen molar-refractivity contribution < 1.29 is 4.79 Å². The van der Waals surface area contributed by atoms with E-state index in [4.69, 9.17) is 0 Å². The average molecular weight is 321 g/mol. The van der Waals surface area contributed by atoms with Crippen molar-refractivity contribution >= 4 is 23.0 Å². The van der Waals surface area contributed by atoms with Gasteiger partial charge in [0.25, 0.3) is 0 Å². The van der Waals surface area contributed by atoms with E-state index in [-0.39, 0.29) is 5.91 Å². The van der Waals surface area contributed by atoms with Crippen LogP contribution in [0, 0.1) is 18.3 Å². The molecule has 1 aliphatic rings. The van der Waals surface area contributed by atoms with Gasteiger partial charge in [0.05, 0.1) is 17.1 Å². The van der Waals surface area contributed by atoms with E-state index in [2.05, 4.69) is 36.3 Å². The predicted molar refractivity (Wildman–Crippen MR) is 92.2 cm³/mol. The minimum atomic E-state index is -0.0752. The van der Waals surface area contributed by atoms with Crippen molar-refractivity contribution in [2.45, 2.75) is 66.2 Å². The van der Waals surface area contributed by atoms with Crippen LogP contribution in [0.4, 0.5) is 0 Å². The van der Waals surface area contributed by atoms with Crippen molar-refractivity contribution in [2.24, 2.45) is 16.4 Å². The first-order chi connectivity index (χ1) is 10.4. The molecule has 22 heavy (non-hydrogen) atoms. The van der Waals surface area contributed by atoms with Crippen LogP contribution in [0.15, 0.2) is 10.5 Å². The normalized spacial score (nSPS) is 19.1. The van der Waals surface area contributed by atoms with Crippen LogP contribution in [0.25, 0.3) is 0 Å². The molecule has 1 N–H and O–H groups in total. The van der Waals surface area contributed by atoms with Gasteiger partial charge in [-0.05, 0) is 43.9 Å². The maximum atomic E-state index is 11.9. The van der Waals surface area contributed by atoms with Gasteiger partial charge in [-0.15, -0.1) is 11.3 Å². The number of carbonyl (C=O) groups is 1. The van der Waals surface area contributed by atoms with Gasteiger partial charge in [0.2, 0.25) is 5.91 Å². The lowest BCUT2D eigenvalue weighted by atomic mass is 9.69. The largest absolute Gasteiger partial charge is 0.273 e. The summed E-state index contributed by atoms with van der Waals surface area (Å²) in [6.07, 6.45) is 5.90. The Morgan fingerprint density at radius 1 is 1.45 bits per heavy atom. The van der Waals surface area contributed by atoms with Gasteiger partial charge in [-0.3, -0.25) is 4.79 Å². The Labute approximate surface area is 137 Å². The van der Waals surface area contributed by atoms with Crippen molar-refractivity contribution in [1.82, 2.24) is 10.4 Å². The fraction of sp³-hybridized carbons (Fsp3) is 0.706. The van der Waals surface area contributed by atoms with Crippen molar-refractivity contribution in [3.8, 4) is 0 Å². The zero-order valence-corrected chi connectivity index (χ0v) is 14.9. The number of hydrazone groups is 1. The highest BCUT2D eigenvalue weighted by Crippen LogP contribution is 2.39. The van der Waals surface area contributed by atoms with Crippen LogP contribution >= 0.6 is 11.3 Å². The summed E-state index contributed by atoms with van der Waals surface area (Å²) in [5, 5.41) is 7.24. The summed E-state index contributed by atoms with van der Waals surface area (Å²) in [6.45, 7) is 8.93. The SMILES string of the molecule is CCC(C)(C)C1CCC(=NNC(=O)Cc2csc(C)n2)CC1. The standard InChI is InChI=1S/C17H27N3OS/c1-5-17(3,4)13-6-8-14(9-7-13)19-20-16(21)10-15-11-22-12(2)18-15/h11,13H,5-10H2,1-4H3,(H,20,21). The molecule has 1 amide bonds.